The second-order valence-electron chi connectivity index (χ2n) is 6.55. The van der Waals surface area contributed by atoms with Gasteiger partial charge in [0.1, 0.15) is 0 Å². The van der Waals surface area contributed by atoms with Crippen molar-refractivity contribution in [1.82, 2.24) is 5.32 Å². The van der Waals surface area contributed by atoms with Crippen molar-refractivity contribution in [1.29, 1.82) is 0 Å². The molecule has 0 saturated heterocycles. The van der Waals surface area contributed by atoms with Crippen molar-refractivity contribution in [2.24, 2.45) is 5.92 Å². The number of benzene rings is 2. The summed E-state index contributed by atoms with van der Waals surface area (Å²) in [6, 6.07) is 12.6. The Morgan fingerprint density at radius 2 is 1.57 bits per heavy atom. The fraction of sp³-hybridized carbons (Fsp3) is 0.364. The molecule has 0 unspecified atom stereocenters. The number of anilines is 1. The van der Waals surface area contributed by atoms with Gasteiger partial charge >= 0.3 is 0 Å². The van der Waals surface area contributed by atoms with Crippen LogP contribution in [0.4, 0.5) is 5.69 Å². The van der Waals surface area contributed by atoms with Gasteiger partial charge in [0.2, 0.25) is 5.91 Å². The van der Waals surface area contributed by atoms with Crippen molar-refractivity contribution in [2.45, 2.75) is 34.2 Å². The van der Waals surface area contributed by atoms with Crippen molar-refractivity contribution < 1.29 is 19.1 Å². The predicted octanol–water partition coefficient (Wildman–Crippen LogP) is 4.01. The van der Waals surface area contributed by atoms with Gasteiger partial charge in [0.05, 0.1) is 13.2 Å². The first-order valence-corrected chi connectivity index (χ1v) is 9.52. The zero-order valence-electron chi connectivity index (χ0n) is 16.9. The molecule has 2 amide bonds. The van der Waals surface area contributed by atoms with Crippen LogP contribution in [-0.2, 0) is 11.3 Å². The lowest BCUT2D eigenvalue weighted by molar-refractivity contribution is -0.118. The minimum Gasteiger partial charge on any atom is -0.490 e. The number of carbonyl (C=O) groups is 2. The van der Waals surface area contributed by atoms with E-state index in [2.05, 4.69) is 10.6 Å². The van der Waals surface area contributed by atoms with Gasteiger partial charge in [0, 0.05) is 23.7 Å². The quantitative estimate of drug-likeness (QED) is 0.685. The molecule has 0 aliphatic heterocycles. The van der Waals surface area contributed by atoms with Crippen LogP contribution in [-0.4, -0.2) is 25.0 Å². The van der Waals surface area contributed by atoms with Gasteiger partial charge in [-0.1, -0.05) is 26.0 Å². The maximum absolute atomic E-state index is 12.5. The number of hydrogen-bond acceptors (Lipinski definition) is 4. The van der Waals surface area contributed by atoms with Crippen molar-refractivity contribution in [3.8, 4) is 11.5 Å². The maximum atomic E-state index is 12.5. The van der Waals surface area contributed by atoms with Crippen molar-refractivity contribution in [3.05, 3.63) is 53.6 Å². The summed E-state index contributed by atoms with van der Waals surface area (Å²) in [5.41, 5.74) is 2.18. The third-order valence-electron chi connectivity index (χ3n) is 4.00. The molecule has 0 fully saturated rings. The molecular weight excluding hydrogens is 356 g/mol. The smallest absolute Gasteiger partial charge is 0.251 e. The van der Waals surface area contributed by atoms with Crippen LogP contribution in [0.5, 0.6) is 11.5 Å². The molecule has 2 N–H and O–H groups in total. The van der Waals surface area contributed by atoms with Crippen LogP contribution < -0.4 is 20.1 Å². The molecule has 2 rings (SSSR count). The topological polar surface area (TPSA) is 76.7 Å². The van der Waals surface area contributed by atoms with Crippen molar-refractivity contribution in [3.63, 3.8) is 0 Å². The van der Waals surface area contributed by atoms with E-state index in [0.29, 0.717) is 36.8 Å². The van der Waals surface area contributed by atoms with E-state index in [4.69, 9.17) is 9.47 Å². The standard InChI is InChI=1S/C22H28N2O4/c1-5-27-19-12-9-17(13-20(19)28-6-2)22(26)23-14-16-7-10-18(11-8-16)24-21(25)15(3)4/h7-13,15H,5-6,14H2,1-4H3,(H,23,26)(H,24,25). The zero-order valence-corrected chi connectivity index (χ0v) is 16.9. The van der Waals surface area contributed by atoms with Gasteiger partial charge in [0.15, 0.2) is 11.5 Å². The molecule has 0 radical (unpaired) electrons. The number of hydrogen-bond donors (Lipinski definition) is 2. The molecule has 0 aromatic heterocycles. The molecule has 6 nitrogen and oxygen atoms in total. The van der Waals surface area contributed by atoms with Gasteiger partial charge in [-0.3, -0.25) is 9.59 Å². The number of rotatable bonds is 9. The Bertz CT molecular complexity index is 801. The molecule has 2 aromatic carbocycles. The monoisotopic (exact) mass is 384 g/mol. The van der Waals surface area contributed by atoms with Crippen molar-refractivity contribution >= 4 is 17.5 Å². The molecule has 0 heterocycles. The average molecular weight is 384 g/mol. The van der Waals surface area contributed by atoms with E-state index >= 15 is 0 Å². The van der Waals surface area contributed by atoms with E-state index in [-0.39, 0.29) is 17.7 Å². The van der Waals surface area contributed by atoms with Crippen LogP contribution in [0, 0.1) is 5.92 Å². The van der Waals surface area contributed by atoms with Crippen LogP contribution in [0.15, 0.2) is 42.5 Å². The third kappa shape index (κ3) is 6.01. The summed E-state index contributed by atoms with van der Waals surface area (Å²) in [7, 11) is 0. The van der Waals surface area contributed by atoms with E-state index < -0.39 is 0 Å². The number of nitrogens with one attached hydrogen (secondary N) is 2. The lowest BCUT2D eigenvalue weighted by Crippen LogP contribution is -2.23. The second kappa shape index (κ2) is 10.3. The summed E-state index contributed by atoms with van der Waals surface area (Å²) in [6.45, 7) is 8.87. The molecule has 2 aromatic rings. The molecule has 0 aliphatic carbocycles. The van der Waals surface area contributed by atoms with E-state index in [0.717, 1.165) is 11.3 Å². The summed E-state index contributed by atoms with van der Waals surface area (Å²) in [6.07, 6.45) is 0. The normalized spacial score (nSPS) is 10.5. The van der Waals surface area contributed by atoms with Crippen LogP contribution in [0.2, 0.25) is 0 Å². The Morgan fingerprint density at radius 1 is 0.929 bits per heavy atom. The molecule has 150 valence electrons. The van der Waals surface area contributed by atoms with Crippen LogP contribution >= 0.6 is 0 Å². The van der Waals surface area contributed by atoms with E-state index in [9.17, 15) is 9.59 Å². The molecule has 28 heavy (non-hydrogen) atoms. The van der Waals surface area contributed by atoms with Gasteiger partial charge in [-0.25, -0.2) is 0 Å². The molecule has 6 heteroatoms. The van der Waals surface area contributed by atoms with E-state index in [1.54, 1.807) is 18.2 Å². The van der Waals surface area contributed by atoms with Gasteiger partial charge in [-0.2, -0.15) is 0 Å². The summed E-state index contributed by atoms with van der Waals surface area (Å²) < 4.78 is 11.1. The molecule has 0 spiro atoms. The first kappa shape index (κ1) is 21.3. The highest BCUT2D eigenvalue weighted by molar-refractivity contribution is 5.95. The van der Waals surface area contributed by atoms with Gasteiger partial charge in [0.25, 0.3) is 5.91 Å². The molecule has 0 bridgehead atoms. The van der Waals surface area contributed by atoms with Gasteiger partial charge in [-0.15, -0.1) is 0 Å². The largest absolute Gasteiger partial charge is 0.490 e. The van der Waals surface area contributed by atoms with Crippen molar-refractivity contribution in [2.75, 3.05) is 18.5 Å². The highest BCUT2D eigenvalue weighted by atomic mass is 16.5. The summed E-state index contributed by atoms with van der Waals surface area (Å²) >= 11 is 0. The first-order valence-electron chi connectivity index (χ1n) is 9.52. The van der Waals surface area contributed by atoms with Crippen LogP contribution in [0.1, 0.15) is 43.6 Å². The Balaban J connectivity index is 1.98. The average Bonchev–Trinajstić information content (AvgIpc) is 2.68. The molecule has 0 aliphatic rings. The van der Waals surface area contributed by atoms with Gasteiger partial charge < -0.3 is 20.1 Å². The number of amides is 2. The third-order valence-corrected chi connectivity index (χ3v) is 4.00. The Hall–Kier alpha value is -3.02. The number of carbonyl (C=O) groups excluding carboxylic acids is 2. The summed E-state index contributed by atoms with van der Waals surface area (Å²) in [5, 5.41) is 5.73. The minimum absolute atomic E-state index is 0.0262. The van der Waals surface area contributed by atoms with Crippen LogP contribution in [0.25, 0.3) is 0 Å². The SMILES string of the molecule is CCOc1ccc(C(=O)NCc2ccc(NC(=O)C(C)C)cc2)cc1OCC. The fourth-order valence-electron chi connectivity index (χ4n) is 2.47. The fourth-order valence-corrected chi connectivity index (χ4v) is 2.47. The number of ether oxygens (including phenoxy) is 2. The Kier molecular flexibility index (Phi) is 7.87. The molecule has 0 saturated carbocycles. The summed E-state index contributed by atoms with van der Waals surface area (Å²) in [4.78, 5) is 24.2. The lowest BCUT2D eigenvalue weighted by atomic mass is 10.1. The molecule has 0 atom stereocenters. The highest BCUT2D eigenvalue weighted by Crippen LogP contribution is 2.28. The van der Waals surface area contributed by atoms with Gasteiger partial charge in [-0.05, 0) is 49.7 Å². The van der Waals surface area contributed by atoms with E-state index in [1.807, 2.05) is 52.0 Å². The first-order chi connectivity index (χ1) is 13.4. The Labute approximate surface area is 166 Å². The maximum Gasteiger partial charge on any atom is 0.251 e. The highest BCUT2D eigenvalue weighted by Gasteiger charge is 2.12. The predicted molar refractivity (Wildman–Crippen MR) is 110 cm³/mol. The summed E-state index contributed by atoms with van der Waals surface area (Å²) in [5.74, 6) is 0.889. The zero-order chi connectivity index (χ0) is 20.5. The van der Waals surface area contributed by atoms with Crippen LogP contribution in [0.3, 0.4) is 0 Å². The lowest BCUT2D eigenvalue weighted by Gasteiger charge is -2.13. The second-order valence-corrected chi connectivity index (χ2v) is 6.55. The molecular formula is C22H28N2O4. The minimum atomic E-state index is -0.193. The Morgan fingerprint density at radius 3 is 2.18 bits per heavy atom. The van der Waals surface area contributed by atoms with E-state index in [1.165, 1.54) is 0 Å².